The first-order valence-corrected chi connectivity index (χ1v) is 6.91. The van der Waals surface area contributed by atoms with Crippen LogP contribution in [0.2, 0.25) is 0 Å². The summed E-state index contributed by atoms with van der Waals surface area (Å²) in [6.07, 6.45) is -3.95. The highest BCUT2D eigenvalue weighted by molar-refractivity contribution is 5.83. The van der Waals surface area contributed by atoms with E-state index in [9.17, 15) is 18.0 Å². The van der Waals surface area contributed by atoms with Crippen molar-refractivity contribution in [3.8, 4) is 0 Å². The molecule has 0 aliphatic carbocycles. The van der Waals surface area contributed by atoms with E-state index in [0.29, 0.717) is 18.5 Å². The van der Waals surface area contributed by atoms with Gasteiger partial charge in [-0.25, -0.2) is 0 Å². The third-order valence-electron chi connectivity index (χ3n) is 3.42. The summed E-state index contributed by atoms with van der Waals surface area (Å²) in [6.45, 7) is 4.13. The third-order valence-corrected chi connectivity index (χ3v) is 3.42. The zero-order chi connectivity index (χ0) is 16.0. The number of carbonyl (C=O) groups excluding carboxylic acids is 1. The molecular formula is C15H21F3N2O. The summed E-state index contributed by atoms with van der Waals surface area (Å²) in [7, 11) is 1.78. The molecule has 1 rings (SSSR count). The number of carbonyl (C=O) groups is 1. The lowest BCUT2D eigenvalue weighted by Crippen LogP contribution is -2.39. The predicted octanol–water partition coefficient (Wildman–Crippen LogP) is 2.92. The van der Waals surface area contributed by atoms with Gasteiger partial charge in [0, 0.05) is 12.6 Å². The highest BCUT2D eigenvalue weighted by Gasteiger charge is 2.31. The summed E-state index contributed by atoms with van der Waals surface area (Å²) in [5.41, 5.74) is -0.336. The first kappa shape index (κ1) is 17.5. The monoisotopic (exact) mass is 302 g/mol. The summed E-state index contributed by atoms with van der Waals surface area (Å²) < 4.78 is 38.2. The number of hydrogen-bond donors (Lipinski definition) is 2. The Morgan fingerprint density at radius 3 is 2.52 bits per heavy atom. The second-order valence-corrected chi connectivity index (χ2v) is 5.02. The molecule has 3 nitrogen and oxygen atoms in total. The van der Waals surface area contributed by atoms with Gasteiger partial charge in [0.15, 0.2) is 0 Å². The Kier molecular flexibility index (Phi) is 6.20. The number of likely N-dealkylation sites (N-methyl/N-ethyl adjacent to an activating group) is 1. The fraction of sp³-hybridized carbons (Fsp3) is 0.533. The van der Waals surface area contributed by atoms with Gasteiger partial charge in [0.25, 0.3) is 0 Å². The van der Waals surface area contributed by atoms with Gasteiger partial charge in [-0.3, -0.25) is 4.79 Å². The standard InChI is InChI=1S/C15H21F3N2O/c1-4-13(14(21)20-9-10(2)19-3)11-6-5-7-12(8-11)15(16,17)18/h5-8,10,13,19H,4,9H2,1-3H3,(H,20,21). The summed E-state index contributed by atoms with van der Waals surface area (Å²) in [4.78, 5) is 12.1. The molecule has 0 aromatic heterocycles. The topological polar surface area (TPSA) is 41.1 Å². The van der Waals surface area contributed by atoms with Crippen molar-refractivity contribution in [2.24, 2.45) is 0 Å². The van der Waals surface area contributed by atoms with E-state index in [1.807, 2.05) is 6.92 Å². The molecule has 0 saturated heterocycles. The van der Waals surface area contributed by atoms with Crippen molar-refractivity contribution < 1.29 is 18.0 Å². The van der Waals surface area contributed by atoms with Gasteiger partial charge in [-0.05, 0) is 32.0 Å². The van der Waals surface area contributed by atoms with Gasteiger partial charge >= 0.3 is 6.18 Å². The SMILES string of the molecule is CCC(C(=O)NCC(C)NC)c1cccc(C(F)(F)F)c1. The van der Waals surface area contributed by atoms with Crippen molar-refractivity contribution in [1.82, 2.24) is 10.6 Å². The molecule has 0 radical (unpaired) electrons. The average Bonchev–Trinajstić information content (AvgIpc) is 2.45. The first-order valence-electron chi connectivity index (χ1n) is 6.91. The molecule has 0 saturated carbocycles. The van der Waals surface area contributed by atoms with Gasteiger partial charge in [0.1, 0.15) is 0 Å². The molecule has 1 aromatic carbocycles. The zero-order valence-corrected chi connectivity index (χ0v) is 12.4. The number of nitrogens with one attached hydrogen (secondary N) is 2. The van der Waals surface area contributed by atoms with Crippen LogP contribution in [0.4, 0.5) is 13.2 Å². The highest BCUT2D eigenvalue weighted by Crippen LogP contribution is 2.31. The molecule has 118 valence electrons. The molecule has 21 heavy (non-hydrogen) atoms. The van der Waals surface area contributed by atoms with E-state index in [1.54, 1.807) is 20.0 Å². The molecule has 6 heteroatoms. The number of hydrogen-bond acceptors (Lipinski definition) is 2. The quantitative estimate of drug-likeness (QED) is 0.848. The lowest BCUT2D eigenvalue weighted by atomic mass is 9.94. The minimum absolute atomic E-state index is 0.105. The molecule has 2 atom stereocenters. The van der Waals surface area contributed by atoms with Crippen molar-refractivity contribution in [2.45, 2.75) is 38.4 Å². The molecule has 2 N–H and O–H groups in total. The van der Waals surface area contributed by atoms with Crippen LogP contribution in [0.15, 0.2) is 24.3 Å². The minimum atomic E-state index is -4.40. The average molecular weight is 302 g/mol. The van der Waals surface area contributed by atoms with Crippen LogP contribution >= 0.6 is 0 Å². The molecule has 0 spiro atoms. The molecule has 1 amide bonds. The van der Waals surface area contributed by atoms with E-state index >= 15 is 0 Å². The summed E-state index contributed by atoms with van der Waals surface area (Å²) >= 11 is 0. The van der Waals surface area contributed by atoms with Crippen LogP contribution in [-0.2, 0) is 11.0 Å². The van der Waals surface area contributed by atoms with Gasteiger partial charge in [-0.15, -0.1) is 0 Å². The van der Waals surface area contributed by atoms with Gasteiger partial charge in [-0.2, -0.15) is 13.2 Å². The Hall–Kier alpha value is -1.56. The lowest BCUT2D eigenvalue weighted by Gasteiger charge is -2.18. The zero-order valence-electron chi connectivity index (χ0n) is 12.4. The highest BCUT2D eigenvalue weighted by atomic mass is 19.4. The van der Waals surface area contributed by atoms with Crippen LogP contribution in [0.5, 0.6) is 0 Å². The molecule has 0 heterocycles. The summed E-state index contributed by atoms with van der Waals surface area (Å²) in [6, 6.07) is 5.06. The van der Waals surface area contributed by atoms with Crippen molar-refractivity contribution in [2.75, 3.05) is 13.6 Å². The van der Waals surface area contributed by atoms with E-state index in [4.69, 9.17) is 0 Å². The van der Waals surface area contributed by atoms with Crippen LogP contribution in [0.1, 0.15) is 37.3 Å². The summed E-state index contributed by atoms with van der Waals surface area (Å²) in [5.74, 6) is -0.824. The molecule has 2 unspecified atom stereocenters. The van der Waals surface area contributed by atoms with Crippen molar-refractivity contribution in [1.29, 1.82) is 0 Å². The van der Waals surface area contributed by atoms with Gasteiger partial charge in [0.2, 0.25) is 5.91 Å². The lowest BCUT2D eigenvalue weighted by molar-refractivity contribution is -0.137. The number of rotatable bonds is 6. The summed E-state index contributed by atoms with van der Waals surface area (Å²) in [5, 5.41) is 5.74. The Morgan fingerprint density at radius 1 is 1.33 bits per heavy atom. The fourth-order valence-corrected chi connectivity index (χ4v) is 1.98. The van der Waals surface area contributed by atoms with Crippen LogP contribution in [0.3, 0.4) is 0 Å². The van der Waals surface area contributed by atoms with Gasteiger partial charge in [-0.1, -0.05) is 25.1 Å². The molecule has 1 aromatic rings. The predicted molar refractivity (Wildman–Crippen MR) is 76.0 cm³/mol. The van der Waals surface area contributed by atoms with Crippen molar-refractivity contribution in [3.05, 3.63) is 35.4 Å². The molecular weight excluding hydrogens is 281 g/mol. The third kappa shape index (κ3) is 5.04. The maximum Gasteiger partial charge on any atom is 0.416 e. The molecule has 0 fully saturated rings. The number of amides is 1. The Labute approximate surface area is 122 Å². The molecule has 0 aliphatic heterocycles. The largest absolute Gasteiger partial charge is 0.416 e. The second kappa shape index (κ2) is 7.45. The molecule has 0 bridgehead atoms. The van der Waals surface area contributed by atoms with E-state index in [2.05, 4.69) is 10.6 Å². The Bertz CT molecular complexity index is 474. The first-order chi connectivity index (χ1) is 9.79. The Balaban J connectivity index is 2.87. The van der Waals surface area contributed by atoms with E-state index in [0.717, 1.165) is 12.1 Å². The maximum atomic E-state index is 12.7. The van der Waals surface area contributed by atoms with E-state index < -0.39 is 17.7 Å². The van der Waals surface area contributed by atoms with Crippen LogP contribution in [-0.4, -0.2) is 25.5 Å². The van der Waals surface area contributed by atoms with Crippen LogP contribution in [0.25, 0.3) is 0 Å². The van der Waals surface area contributed by atoms with Gasteiger partial charge < -0.3 is 10.6 Å². The number of benzene rings is 1. The van der Waals surface area contributed by atoms with Crippen molar-refractivity contribution in [3.63, 3.8) is 0 Å². The van der Waals surface area contributed by atoms with Gasteiger partial charge in [0.05, 0.1) is 11.5 Å². The van der Waals surface area contributed by atoms with Crippen LogP contribution in [0, 0.1) is 0 Å². The van der Waals surface area contributed by atoms with Crippen molar-refractivity contribution >= 4 is 5.91 Å². The smallest absolute Gasteiger partial charge is 0.354 e. The second-order valence-electron chi connectivity index (χ2n) is 5.02. The fourth-order valence-electron chi connectivity index (χ4n) is 1.98. The number of halogens is 3. The normalized spacial score (nSPS) is 14.6. The number of alkyl halides is 3. The minimum Gasteiger partial charge on any atom is -0.354 e. The Morgan fingerprint density at radius 2 is 2.00 bits per heavy atom. The maximum absolute atomic E-state index is 12.7. The molecule has 0 aliphatic rings. The van der Waals surface area contributed by atoms with Crippen LogP contribution < -0.4 is 10.6 Å². The van der Waals surface area contributed by atoms with E-state index in [1.165, 1.54) is 6.07 Å². The van der Waals surface area contributed by atoms with E-state index in [-0.39, 0.29) is 11.9 Å².